The molecule has 0 aliphatic heterocycles. The summed E-state index contributed by atoms with van der Waals surface area (Å²) in [6.45, 7) is 8.34. The van der Waals surface area contributed by atoms with Crippen molar-refractivity contribution in [2.45, 2.75) is 0 Å². The first-order valence-electron chi connectivity index (χ1n) is 15.9. The Balaban J connectivity index is 1.21. The SMILES string of the molecule is [C-]#[N+]c1c(-c2ccc(-c3c(C#N)cccc3-n3c4ccccc4c4ccccc43)cc2)cccc1-n1c2ccccc2c2ccccc21. The highest BCUT2D eigenvalue weighted by atomic mass is 15.0. The van der Waals surface area contributed by atoms with Crippen LogP contribution in [0, 0.1) is 17.9 Å². The van der Waals surface area contributed by atoms with Gasteiger partial charge in [0.15, 0.2) is 0 Å². The topological polar surface area (TPSA) is 38.0 Å². The van der Waals surface area contributed by atoms with Crippen LogP contribution in [0.5, 0.6) is 0 Å². The second-order valence-corrected chi connectivity index (χ2v) is 11.9. The van der Waals surface area contributed by atoms with Gasteiger partial charge in [-0.3, -0.25) is 0 Å². The number of rotatable bonds is 4. The van der Waals surface area contributed by atoms with E-state index in [-0.39, 0.29) is 0 Å². The minimum absolute atomic E-state index is 0.597. The maximum atomic E-state index is 10.3. The molecule has 222 valence electrons. The first-order chi connectivity index (χ1) is 23.8. The Bertz CT molecular complexity index is 2690. The molecular weight excluding hydrogens is 585 g/mol. The quantitative estimate of drug-likeness (QED) is 0.183. The Hall–Kier alpha value is -6.88. The van der Waals surface area contributed by atoms with E-state index in [1.807, 2.05) is 42.5 Å². The van der Waals surface area contributed by atoms with Crippen LogP contribution in [0.1, 0.15) is 5.56 Å². The summed E-state index contributed by atoms with van der Waals surface area (Å²) in [5, 5.41) is 15.0. The predicted molar refractivity (Wildman–Crippen MR) is 197 cm³/mol. The van der Waals surface area contributed by atoms with Crippen LogP contribution in [0.2, 0.25) is 0 Å². The van der Waals surface area contributed by atoms with Crippen LogP contribution in [0.25, 0.3) is 82.1 Å². The van der Waals surface area contributed by atoms with E-state index in [1.54, 1.807) is 0 Å². The van der Waals surface area contributed by atoms with Gasteiger partial charge in [0.2, 0.25) is 5.69 Å². The Labute approximate surface area is 277 Å². The molecule has 4 nitrogen and oxygen atoms in total. The number of nitriles is 1. The van der Waals surface area contributed by atoms with Crippen LogP contribution >= 0.6 is 0 Å². The summed E-state index contributed by atoms with van der Waals surface area (Å²) in [6, 6.07) is 56.3. The van der Waals surface area contributed by atoms with Gasteiger partial charge in [-0.1, -0.05) is 115 Å². The lowest BCUT2D eigenvalue weighted by Gasteiger charge is -2.16. The van der Waals surface area contributed by atoms with Gasteiger partial charge in [0.05, 0.1) is 51.6 Å². The Morgan fingerprint density at radius 2 is 0.896 bits per heavy atom. The highest BCUT2D eigenvalue weighted by Gasteiger charge is 2.20. The number of aromatic nitrogens is 2. The van der Waals surface area contributed by atoms with Crippen molar-refractivity contribution in [3.63, 3.8) is 0 Å². The van der Waals surface area contributed by atoms with Crippen molar-refractivity contribution >= 4 is 49.3 Å². The Kier molecular flexibility index (Phi) is 6.22. The van der Waals surface area contributed by atoms with Gasteiger partial charge in [0.25, 0.3) is 0 Å². The fourth-order valence-electron chi connectivity index (χ4n) is 7.37. The third kappa shape index (κ3) is 4.01. The summed E-state index contributed by atoms with van der Waals surface area (Å²) in [6.07, 6.45) is 0. The van der Waals surface area contributed by atoms with Crippen LogP contribution < -0.4 is 0 Å². The van der Waals surface area contributed by atoms with E-state index in [4.69, 9.17) is 6.57 Å². The molecule has 0 saturated heterocycles. The van der Waals surface area contributed by atoms with Crippen molar-refractivity contribution in [3.8, 4) is 39.7 Å². The number of nitrogens with zero attached hydrogens (tertiary/aromatic N) is 4. The maximum Gasteiger partial charge on any atom is 0.218 e. The van der Waals surface area contributed by atoms with Crippen molar-refractivity contribution in [2.75, 3.05) is 0 Å². The van der Waals surface area contributed by atoms with Crippen molar-refractivity contribution < 1.29 is 0 Å². The first kappa shape index (κ1) is 27.4. The molecule has 7 aromatic carbocycles. The Morgan fingerprint density at radius 3 is 1.40 bits per heavy atom. The molecule has 0 radical (unpaired) electrons. The summed E-state index contributed by atoms with van der Waals surface area (Å²) in [5.41, 5.74) is 11.0. The van der Waals surface area contributed by atoms with Gasteiger partial charge in [0, 0.05) is 27.1 Å². The van der Waals surface area contributed by atoms with Gasteiger partial charge in [0.1, 0.15) is 0 Å². The van der Waals surface area contributed by atoms with Gasteiger partial charge in [-0.05, 0) is 59.2 Å². The smallest absolute Gasteiger partial charge is 0.218 e. The summed E-state index contributed by atoms with van der Waals surface area (Å²) < 4.78 is 4.47. The third-order valence-corrected chi connectivity index (χ3v) is 9.42. The van der Waals surface area contributed by atoms with E-state index in [1.165, 1.54) is 10.8 Å². The van der Waals surface area contributed by atoms with E-state index < -0.39 is 0 Å². The van der Waals surface area contributed by atoms with Crippen LogP contribution in [0.4, 0.5) is 5.69 Å². The number of hydrogen-bond acceptors (Lipinski definition) is 1. The molecule has 2 heterocycles. The van der Waals surface area contributed by atoms with Crippen LogP contribution in [-0.4, -0.2) is 9.13 Å². The summed E-state index contributed by atoms with van der Waals surface area (Å²) >= 11 is 0. The molecule has 0 bridgehead atoms. The fraction of sp³-hybridized carbons (Fsp3) is 0. The summed E-state index contributed by atoms with van der Waals surface area (Å²) in [5.74, 6) is 0. The lowest BCUT2D eigenvalue weighted by molar-refractivity contribution is 1.18. The predicted octanol–water partition coefficient (Wildman–Crippen LogP) is 11.6. The van der Waals surface area contributed by atoms with Crippen molar-refractivity contribution in [1.29, 1.82) is 5.26 Å². The average Bonchev–Trinajstić information content (AvgIpc) is 3.67. The van der Waals surface area contributed by atoms with E-state index in [0.29, 0.717) is 11.3 Å². The monoisotopic (exact) mass is 610 g/mol. The molecular formula is C44H26N4. The van der Waals surface area contributed by atoms with Crippen molar-refractivity contribution in [2.24, 2.45) is 0 Å². The lowest BCUT2D eigenvalue weighted by atomic mass is 9.95. The van der Waals surface area contributed by atoms with Gasteiger partial charge in [-0.15, -0.1) is 0 Å². The zero-order valence-electron chi connectivity index (χ0n) is 25.8. The van der Waals surface area contributed by atoms with Crippen molar-refractivity contribution in [1.82, 2.24) is 9.13 Å². The number of hydrogen-bond donors (Lipinski definition) is 0. The molecule has 0 aliphatic carbocycles. The Morgan fingerprint density at radius 1 is 0.458 bits per heavy atom. The zero-order valence-corrected chi connectivity index (χ0v) is 25.8. The van der Waals surface area contributed by atoms with Crippen molar-refractivity contribution in [3.05, 3.63) is 175 Å². The first-order valence-corrected chi connectivity index (χ1v) is 15.9. The lowest BCUT2D eigenvalue weighted by Crippen LogP contribution is -1.99. The molecule has 48 heavy (non-hydrogen) atoms. The van der Waals surface area contributed by atoms with Crippen LogP contribution in [0.3, 0.4) is 0 Å². The van der Waals surface area contributed by atoms with E-state index in [2.05, 4.69) is 135 Å². The fourth-order valence-corrected chi connectivity index (χ4v) is 7.37. The molecule has 0 unspecified atom stereocenters. The van der Waals surface area contributed by atoms with Gasteiger partial charge in [-0.2, -0.15) is 5.26 Å². The van der Waals surface area contributed by atoms with Gasteiger partial charge >= 0.3 is 0 Å². The average molecular weight is 611 g/mol. The van der Waals surface area contributed by atoms with Crippen LogP contribution in [-0.2, 0) is 0 Å². The molecule has 0 spiro atoms. The standard InChI is InChI=1S/C44H26N4/c1-46-44-32(17-11-23-42(44)48-39-20-8-4-15-35(39)36-16-5-9-21-40(36)48)29-24-26-30(27-25-29)43-31(28-45)12-10-22-41(43)47-37-18-6-2-13-33(37)34-14-3-7-19-38(34)47/h2-27H. The normalized spacial score (nSPS) is 11.3. The zero-order chi connectivity index (χ0) is 32.2. The molecule has 2 aromatic heterocycles. The van der Waals surface area contributed by atoms with Gasteiger partial charge < -0.3 is 9.13 Å². The highest BCUT2D eigenvalue weighted by molar-refractivity contribution is 6.11. The molecule has 0 N–H and O–H groups in total. The minimum Gasteiger partial charge on any atom is -0.319 e. The molecule has 0 aliphatic rings. The third-order valence-electron chi connectivity index (χ3n) is 9.42. The minimum atomic E-state index is 0.597. The second kappa shape index (κ2) is 10.9. The number of fused-ring (bicyclic) bond motifs is 6. The molecule has 0 atom stereocenters. The van der Waals surface area contributed by atoms with E-state index in [9.17, 15) is 5.26 Å². The number of para-hydroxylation sites is 5. The molecule has 0 fully saturated rings. The molecule has 4 heteroatoms. The molecule has 0 amide bonds. The molecule has 9 aromatic rings. The van der Waals surface area contributed by atoms with Gasteiger partial charge in [-0.25, -0.2) is 4.85 Å². The number of benzene rings is 7. The molecule has 9 rings (SSSR count). The van der Waals surface area contributed by atoms with Crippen LogP contribution in [0.15, 0.2) is 158 Å². The van der Waals surface area contributed by atoms with E-state index >= 15 is 0 Å². The summed E-state index contributed by atoms with van der Waals surface area (Å²) in [7, 11) is 0. The maximum absolute atomic E-state index is 10.3. The highest BCUT2D eigenvalue weighted by Crippen LogP contribution is 2.42. The molecule has 0 saturated carbocycles. The van der Waals surface area contributed by atoms with E-state index in [0.717, 1.165) is 66.5 Å². The second-order valence-electron chi connectivity index (χ2n) is 11.9. The summed E-state index contributed by atoms with van der Waals surface area (Å²) in [4.78, 5) is 4.11. The largest absolute Gasteiger partial charge is 0.319 e.